The molecule has 716 valence electrons. The van der Waals surface area contributed by atoms with Crippen molar-refractivity contribution in [2.24, 2.45) is 51.0 Å². The Morgan fingerprint density at radius 3 is 1.41 bits per heavy atom. The molecule has 15 amide bonds. The molecule has 2 heterocycles. The lowest BCUT2D eigenvalue weighted by atomic mass is 10.0. The zero-order valence-electron chi connectivity index (χ0n) is 74.3. The number of rotatable bonds is 63. The van der Waals surface area contributed by atoms with Crippen molar-refractivity contribution < 1.29 is 92.0 Å². The van der Waals surface area contributed by atoms with Gasteiger partial charge in [0, 0.05) is 45.4 Å². The number of thioether (sulfide) groups is 1. The predicted octanol–water partition coefficient (Wildman–Crippen LogP) is -4.29. The van der Waals surface area contributed by atoms with Crippen molar-refractivity contribution in [2.75, 3.05) is 84.1 Å². The number of aliphatic hydroxyl groups is 1. The minimum absolute atomic E-state index is 0.0198. The monoisotopic (exact) mass is 1820 g/mol. The summed E-state index contributed by atoms with van der Waals surface area (Å²) in [6, 6.07) is -1.78. The van der Waals surface area contributed by atoms with Crippen LogP contribution in [0, 0.1) is 5.92 Å². The van der Waals surface area contributed by atoms with E-state index in [1.807, 2.05) is 20.1 Å². The van der Waals surface area contributed by atoms with Crippen molar-refractivity contribution in [3.05, 3.63) is 65.7 Å². The number of aliphatic carboxylic acids is 1. The summed E-state index contributed by atoms with van der Waals surface area (Å²) in [4.78, 5) is 228. The molecule has 0 radical (unpaired) electrons. The van der Waals surface area contributed by atoms with E-state index < -0.39 is 193 Å². The topological polar surface area (TPSA) is 691 Å². The van der Waals surface area contributed by atoms with Gasteiger partial charge in [-0.2, -0.15) is 11.8 Å². The molecule has 42 nitrogen and oxygen atoms in total. The Morgan fingerprint density at radius 1 is 0.453 bits per heavy atom. The number of phenolic OH excluding ortho intramolecular Hbond substituents is 1. The molecule has 4 rings (SSSR count). The number of carboxylic acids is 1. The summed E-state index contributed by atoms with van der Waals surface area (Å²) < 4.78 is 0. The molecule has 0 aromatic heterocycles. The van der Waals surface area contributed by atoms with Gasteiger partial charge in [-0.1, -0.05) is 69.2 Å². The van der Waals surface area contributed by atoms with E-state index >= 15 is 4.79 Å². The first-order valence-electron chi connectivity index (χ1n) is 44.4. The van der Waals surface area contributed by atoms with Crippen LogP contribution in [0.2, 0.25) is 0 Å². The summed E-state index contributed by atoms with van der Waals surface area (Å²) in [6.45, 7) is 4.72. The van der Waals surface area contributed by atoms with E-state index in [-0.39, 0.29) is 134 Å². The molecule has 2 saturated heterocycles. The second-order valence-corrected chi connectivity index (χ2v) is 33.5. The standard InChI is InChI=1S/C85H141N23O19S/c1-52(2)46-63(76(118)97-53(3)72(114)103-62(84(126)127)28-19-42-94-85(91)92)105-81(123)68-30-21-44-108(68)83(125)61(36-45-128-4)102-80(122)67-29-20-43-107(67)82(124)60(27-13-17-40-89)101-78(120)65(47-54-22-7-5-8-23-54)104-79(121)66(51-109)106-77(119)64(48-55-32-34-56(110)35-33-55)100-69(111)31-9-6-18-41-93-74(116)58(25-11-15-38-87)98-71(113)50-96-75(117)59(26-12-16-39-88)99-70(112)49-95-73(115)57(90)24-10-14-37-86/h5,7-8,22-23,32-35,52-53,57-68,109-110H,6,9-21,24-31,36-51,86-90H2,1-4H3,(H,93,116)(H,95,115)(H,96,117)(H,97,118)(H,98,113)(H,99,112)(H,100,111)(H,101,120)(H,102,122)(H,103,114)(H,104,121)(H,105,123)(H,106,119)(H,126,127)(H4,91,92,94)/t53-,57+,58+,59+,60+,61-,62+,63+,64+,65+,66+,67-,68+/m1/s1. The number of benzene rings is 2. The van der Waals surface area contributed by atoms with Gasteiger partial charge in [-0.15, -0.1) is 0 Å². The maximum atomic E-state index is 15.1. The number of unbranched alkanes of at least 4 members (excludes halogenated alkanes) is 6. The molecule has 0 saturated carbocycles. The van der Waals surface area contributed by atoms with Crippen LogP contribution in [0.3, 0.4) is 0 Å². The number of nitrogens with two attached hydrogens (primary N) is 7. The lowest BCUT2D eigenvalue weighted by Crippen LogP contribution is -2.61. The molecule has 13 atom stereocenters. The van der Waals surface area contributed by atoms with Crippen LogP contribution in [0.1, 0.15) is 186 Å². The van der Waals surface area contributed by atoms with Gasteiger partial charge < -0.3 is 134 Å². The molecular weight excluding hydrogens is 1680 g/mol. The van der Waals surface area contributed by atoms with E-state index in [1.165, 1.54) is 52.8 Å². The smallest absolute Gasteiger partial charge is 0.326 e. The minimum atomic E-state index is -1.74. The number of likely N-dealkylation sites (tertiary alicyclic amines) is 2. The first-order chi connectivity index (χ1) is 61.2. The second kappa shape index (κ2) is 60.8. The van der Waals surface area contributed by atoms with Crippen molar-refractivity contribution in [1.82, 2.24) is 78.9 Å². The minimum Gasteiger partial charge on any atom is -0.508 e. The maximum Gasteiger partial charge on any atom is 0.326 e. The highest BCUT2D eigenvalue weighted by atomic mass is 32.2. The van der Waals surface area contributed by atoms with Crippen LogP contribution >= 0.6 is 11.8 Å². The highest BCUT2D eigenvalue weighted by molar-refractivity contribution is 7.98. The first-order valence-corrected chi connectivity index (χ1v) is 45.8. The van der Waals surface area contributed by atoms with Crippen molar-refractivity contribution in [3.8, 4) is 5.75 Å². The summed E-state index contributed by atoms with van der Waals surface area (Å²) in [5.74, 6) is -12.0. The third-order valence-electron chi connectivity index (χ3n) is 21.6. The van der Waals surface area contributed by atoms with Crippen molar-refractivity contribution in [1.29, 1.82) is 0 Å². The Morgan fingerprint density at radius 2 is 0.898 bits per heavy atom. The highest BCUT2D eigenvalue weighted by Crippen LogP contribution is 2.25. The summed E-state index contributed by atoms with van der Waals surface area (Å²) in [6.07, 6.45) is 8.71. The van der Waals surface area contributed by atoms with Gasteiger partial charge in [0.1, 0.15) is 78.3 Å². The quantitative estimate of drug-likeness (QED) is 0.0169. The zero-order valence-corrected chi connectivity index (χ0v) is 75.1. The lowest BCUT2D eigenvalue weighted by molar-refractivity contribution is -0.145. The largest absolute Gasteiger partial charge is 0.508 e. The Bertz CT molecular complexity index is 3910. The van der Waals surface area contributed by atoms with E-state index in [9.17, 15) is 87.2 Å². The lowest BCUT2D eigenvalue weighted by Gasteiger charge is -2.32. The van der Waals surface area contributed by atoms with Gasteiger partial charge in [0.05, 0.1) is 25.7 Å². The Hall–Kier alpha value is -10.9. The summed E-state index contributed by atoms with van der Waals surface area (Å²) in [7, 11) is 0. The molecule has 0 unspecified atom stereocenters. The third-order valence-corrected chi connectivity index (χ3v) is 22.2. The summed E-state index contributed by atoms with van der Waals surface area (Å²) in [5, 5.41) is 65.1. The number of carboxylic acid groups (broad SMARTS) is 1. The molecule has 43 heteroatoms. The number of hydrogen-bond donors (Lipinski definition) is 23. The van der Waals surface area contributed by atoms with Crippen LogP contribution in [0.4, 0.5) is 0 Å². The zero-order chi connectivity index (χ0) is 94.6. The number of carbonyl (C=O) groups is 16. The number of guanidine groups is 1. The molecule has 2 aliphatic rings. The molecule has 30 N–H and O–H groups in total. The number of phenols is 1. The van der Waals surface area contributed by atoms with Gasteiger partial charge in [-0.05, 0) is 209 Å². The van der Waals surface area contributed by atoms with E-state index in [1.54, 1.807) is 30.3 Å². The SMILES string of the molecule is CSCC[C@@H](NC(=O)[C@H]1CCCN1C(=O)[C@H](CCCCN)NC(=O)[C@H](Cc1ccccc1)NC(=O)[C@H](CO)NC(=O)[C@H](Cc1ccc(O)cc1)NC(=O)CCCCCNC(=O)[C@H](CCCCN)NC(=O)CNC(=O)[C@H](CCCCN)NC(=O)CNC(=O)[C@@H](N)CCCCN)C(=O)N1CCC[C@H]1C(=O)N[C@@H](CC(C)C)C(=O)N[C@H](C)C(=O)N[C@@H](CCCN=C(N)N)C(=O)O. The van der Waals surface area contributed by atoms with Gasteiger partial charge in [-0.3, -0.25) is 76.9 Å². The Kier molecular flexibility index (Phi) is 52.0. The first kappa shape index (κ1) is 109. The third kappa shape index (κ3) is 41.1. The average molecular weight is 1820 g/mol. The van der Waals surface area contributed by atoms with Gasteiger partial charge >= 0.3 is 5.97 Å². The normalized spacial score (nSPS) is 16.1. The number of aliphatic hydroxyl groups excluding tert-OH is 1. The van der Waals surface area contributed by atoms with Gasteiger partial charge in [0.2, 0.25) is 88.6 Å². The molecule has 2 aromatic rings. The Labute approximate surface area is 752 Å². The van der Waals surface area contributed by atoms with Crippen LogP contribution in [-0.2, 0) is 89.6 Å². The number of nitrogens with one attached hydrogen (secondary N) is 13. The molecule has 2 aromatic carbocycles. The molecule has 0 aliphatic carbocycles. The van der Waals surface area contributed by atoms with Crippen LogP contribution in [0.5, 0.6) is 5.75 Å². The number of aromatic hydroxyl groups is 1. The fourth-order valence-corrected chi connectivity index (χ4v) is 15.0. The fourth-order valence-electron chi connectivity index (χ4n) is 14.5. The number of aliphatic imine (C=N–C) groups is 1. The maximum absolute atomic E-state index is 15.1. The van der Waals surface area contributed by atoms with Crippen molar-refractivity contribution in [2.45, 2.75) is 266 Å². The highest BCUT2D eigenvalue weighted by Gasteiger charge is 2.44. The number of hydrogen-bond acceptors (Lipinski definition) is 25. The second-order valence-electron chi connectivity index (χ2n) is 32.6. The van der Waals surface area contributed by atoms with Gasteiger partial charge in [-0.25, -0.2) is 4.79 Å². The van der Waals surface area contributed by atoms with Crippen LogP contribution in [0.25, 0.3) is 0 Å². The molecule has 2 aliphatic heterocycles. The van der Waals surface area contributed by atoms with Crippen LogP contribution in [0.15, 0.2) is 59.6 Å². The van der Waals surface area contributed by atoms with E-state index in [0.717, 1.165) is 0 Å². The molecular formula is C85H141N23O19S. The van der Waals surface area contributed by atoms with Gasteiger partial charge in [0.15, 0.2) is 5.96 Å². The fraction of sp³-hybridized carbons (Fsp3) is 0.659. The molecule has 128 heavy (non-hydrogen) atoms. The molecule has 0 spiro atoms. The summed E-state index contributed by atoms with van der Waals surface area (Å²) in [5.41, 5.74) is 40.5. The molecule has 2 fully saturated rings. The number of nitrogens with zero attached hydrogens (tertiary/aromatic N) is 3. The number of carbonyl (C=O) groups excluding carboxylic acids is 15. The summed E-state index contributed by atoms with van der Waals surface area (Å²) >= 11 is 1.40. The predicted molar refractivity (Wildman–Crippen MR) is 481 cm³/mol. The Balaban J connectivity index is 1.44. The van der Waals surface area contributed by atoms with Crippen molar-refractivity contribution in [3.63, 3.8) is 0 Å². The van der Waals surface area contributed by atoms with Crippen LogP contribution < -0.4 is 109 Å². The van der Waals surface area contributed by atoms with Crippen LogP contribution in [-0.4, -0.2) is 288 Å². The van der Waals surface area contributed by atoms with Gasteiger partial charge in [0.25, 0.3) is 0 Å². The van der Waals surface area contributed by atoms with E-state index in [2.05, 4.69) is 74.1 Å². The van der Waals surface area contributed by atoms with E-state index in [0.29, 0.717) is 120 Å². The molecule has 0 bridgehead atoms. The van der Waals surface area contributed by atoms with E-state index in [4.69, 9.17) is 40.1 Å². The van der Waals surface area contributed by atoms with Crippen molar-refractivity contribution >= 4 is 112 Å². The number of amides is 15. The average Bonchev–Trinajstić information content (AvgIpc) is 1.68.